The van der Waals surface area contributed by atoms with Gasteiger partial charge in [0, 0.05) is 17.1 Å². The first-order valence-corrected chi connectivity index (χ1v) is 8.15. The van der Waals surface area contributed by atoms with Crippen LogP contribution in [0.15, 0.2) is 24.3 Å². The van der Waals surface area contributed by atoms with Gasteiger partial charge in [0.1, 0.15) is 0 Å². The molecule has 0 aliphatic rings. The molecule has 0 spiro atoms. The van der Waals surface area contributed by atoms with Gasteiger partial charge in [0.15, 0.2) is 0 Å². The minimum Gasteiger partial charge on any atom is -0.310 e. The highest BCUT2D eigenvalue weighted by atomic mass is 35.5. The second-order valence-corrected chi connectivity index (χ2v) is 6.02. The predicted molar refractivity (Wildman–Crippen MR) is 89.5 cm³/mol. The lowest BCUT2D eigenvalue weighted by Gasteiger charge is -2.27. The van der Waals surface area contributed by atoms with Crippen LogP contribution in [0.5, 0.6) is 0 Å². The third kappa shape index (κ3) is 5.82. The third-order valence-electron chi connectivity index (χ3n) is 4.03. The zero-order valence-corrected chi connectivity index (χ0v) is 14.1. The first-order chi connectivity index (χ1) is 9.58. The molecule has 1 N–H and O–H groups in total. The van der Waals surface area contributed by atoms with E-state index in [0.29, 0.717) is 12.1 Å². The summed E-state index contributed by atoms with van der Waals surface area (Å²) in [6.07, 6.45) is 3.48. The minimum absolute atomic E-state index is 0.415. The van der Waals surface area contributed by atoms with E-state index in [1.807, 2.05) is 12.1 Å². The zero-order chi connectivity index (χ0) is 15.0. The van der Waals surface area contributed by atoms with Crippen molar-refractivity contribution >= 4 is 11.6 Å². The fourth-order valence-corrected chi connectivity index (χ4v) is 2.39. The van der Waals surface area contributed by atoms with Gasteiger partial charge in [-0.15, -0.1) is 0 Å². The van der Waals surface area contributed by atoms with E-state index in [2.05, 4.69) is 50.2 Å². The van der Waals surface area contributed by atoms with Crippen molar-refractivity contribution in [3.05, 3.63) is 34.9 Å². The second kappa shape index (κ2) is 9.38. The van der Waals surface area contributed by atoms with Crippen molar-refractivity contribution in [1.82, 2.24) is 10.2 Å². The molecule has 2 unspecified atom stereocenters. The second-order valence-electron chi connectivity index (χ2n) is 5.58. The van der Waals surface area contributed by atoms with Crippen molar-refractivity contribution in [2.75, 3.05) is 20.1 Å². The topological polar surface area (TPSA) is 15.3 Å². The lowest BCUT2D eigenvalue weighted by molar-refractivity contribution is 0.237. The fraction of sp³-hybridized carbons (Fsp3) is 0.647. The van der Waals surface area contributed by atoms with Gasteiger partial charge in [-0.25, -0.2) is 0 Å². The van der Waals surface area contributed by atoms with Crippen molar-refractivity contribution in [2.24, 2.45) is 0 Å². The van der Waals surface area contributed by atoms with Crippen LogP contribution < -0.4 is 5.32 Å². The molecule has 0 aliphatic heterocycles. The summed E-state index contributed by atoms with van der Waals surface area (Å²) in [7, 11) is 2.22. The van der Waals surface area contributed by atoms with Gasteiger partial charge < -0.3 is 10.2 Å². The Morgan fingerprint density at radius 3 is 2.40 bits per heavy atom. The van der Waals surface area contributed by atoms with Crippen molar-refractivity contribution in [2.45, 2.75) is 52.1 Å². The molecular weight excluding hydrogens is 268 g/mol. The van der Waals surface area contributed by atoms with Gasteiger partial charge in [0.2, 0.25) is 0 Å². The number of halogens is 1. The van der Waals surface area contributed by atoms with Crippen LogP contribution in [0.1, 0.15) is 51.6 Å². The number of nitrogens with zero attached hydrogens (tertiary/aromatic N) is 1. The van der Waals surface area contributed by atoms with E-state index in [1.54, 1.807) is 0 Å². The van der Waals surface area contributed by atoms with E-state index in [9.17, 15) is 0 Å². The summed E-state index contributed by atoms with van der Waals surface area (Å²) in [5.74, 6) is 0. The summed E-state index contributed by atoms with van der Waals surface area (Å²) in [6.45, 7) is 8.90. The molecule has 2 atom stereocenters. The monoisotopic (exact) mass is 296 g/mol. The Morgan fingerprint density at radius 1 is 1.20 bits per heavy atom. The van der Waals surface area contributed by atoms with Crippen molar-refractivity contribution in [1.29, 1.82) is 0 Å². The average Bonchev–Trinajstić information content (AvgIpc) is 2.47. The molecule has 0 saturated carbocycles. The zero-order valence-electron chi connectivity index (χ0n) is 13.3. The summed E-state index contributed by atoms with van der Waals surface area (Å²) < 4.78 is 0. The van der Waals surface area contributed by atoms with Crippen LogP contribution in [0.25, 0.3) is 0 Å². The molecule has 0 heterocycles. The summed E-state index contributed by atoms with van der Waals surface area (Å²) in [5.41, 5.74) is 1.33. The van der Waals surface area contributed by atoms with Gasteiger partial charge in [-0.05, 0) is 64.0 Å². The molecule has 3 heteroatoms. The normalized spacial score (nSPS) is 14.5. The standard InChI is InChI=1S/C17H29ClN2/c1-5-12-19-17(11-13-20(4)14(3)6-2)15-7-9-16(18)10-8-15/h7-10,14,17,19H,5-6,11-13H2,1-4H3. The van der Waals surface area contributed by atoms with E-state index in [-0.39, 0.29) is 0 Å². The van der Waals surface area contributed by atoms with Crippen molar-refractivity contribution in [3.8, 4) is 0 Å². The fourth-order valence-electron chi connectivity index (χ4n) is 2.27. The molecule has 0 aromatic heterocycles. The van der Waals surface area contributed by atoms with Crippen LogP contribution in [0.4, 0.5) is 0 Å². The molecule has 114 valence electrons. The Balaban J connectivity index is 2.62. The van der Waals surface area contributed by atoms with Crippen LogP contribution in [0.3, 0.4) is 0 Å². The Labute approximate surface area is 129 Å². The van der Waals surface area contributed by atoms with E-state index in [0.717, 1.165) is 31.0 Å². The Bertz CT molecular complexity index is 364. The smallest absolute Gasteiger partial charge is 0.0406 e. The molecule has 0 radical (unpaired) electrons. The van der Waals surface area contributed by atoms with E-state index in [4.69, 9.17) is 11.6 Å². The number of rotatable bonds is 9. The molecule has 0 aliphatic carbocycles. The van der Waals surface area contributed by atoms with Crippen LogP contribution in [-0.2, 0) is 0 Å². The maximum absolute atomic E-state index is 5.98. The SMILES string of the molecule is CCCNC(CCN(C)C(C)CC)c1ccc(Cl)cc1. The van der Waals surface area contributed by atoms with Gasteiger partial charge in [0.25, 0.3) is 0 Å². The summed E-state index contributed by atoms with van der Waals surface area (Å²) >= 11 is 5.98. The van der Waals surface area contributed by atoms with Gasteiger partial charge in [-0.3, -0.25) is 0 Å². The number of hydrogen-bond acceptors (Lipinski definition) is 2. The molecule has 20 heavy (non-hydrogen) atoms. The van der Waals surface area contributed by atoms with Gasteiger partial charge in [-0.2, -0.15) is 0 Å². The quantitative estimate of drug-likeness (QED) is 0.722. The molecule has 1 aromatic rings. The van der Waals surface area contributed by atoms with Crippen molar-refractivity contribution < 1.29 is 0 Å². The number of benzene rings is 1. The van der Waals surface area contributed by atoms with Crippen LogP contribution in [0, 0.1) is 0 Å². The van der Waals surface area contributed by atoms with Gasteiger partial charge >= 0.3 is 0 Å². The molecule has 1 aromatic carbocycles. The highest BCUT2D eigenvalue weighted by Gasteiger charge is 2.13. The minimum atomic E-state index is 0.415. The summed E-state index contributed by atoms with van der Waals surface area (Å²) in [5, 5.41) is 4.45. The van der Waals surface area contributed by atoms with E-state index >= 15 is 0 Å². The molecule has 0 amide bonds. The molecular formula is C17H29ClN2. The Hall–Kier alpha value is -0.570. The summed E-state index contributed by atoms with van der Waals surface area (Å²) in [6, 6.07) is 9.30. The van der Waals surface area contributed by atoms with Gasteiger partial charge in [-0.1, -0.05) is 37.6 Å². The highest BCUT2D eigenvalue weighted by molar-refractivity contribution is 6.30. The maximum Gasteiger partial charge on any atom is 0.0406 e. The molecule has 2 nitrogen and oxygen atoms in total. The van der Waals surface area contributed by atoms with Crippen LogP contribution >= 0.6 is 11.6 Å². The lowest BCUT2D eigenvalue weighted by atomic mass is 10.0. The predicted octanol–water partition coefficient (Wildman–Crippen LogP) is 4.50. The van der Waals surface area contributed by atoms with E-state index < -0.39 is 0 Å². The maximum atomic E-state index is 5.98. The lowest BCUT2D eigenvalue weighted by Crippen LogP contribution is -2.32. The molecule has 0 fully saturated rings. The summed E-state index contributed by atoms with van der Waals surface area (Å²) in [4.78, 5) is 2.44. The largest absolute Gasteiger partial charge is 0.310 e. The van der Waals surface area contributed by atoms with Crippen molar-refractivity contribution in [3.63, 3.8) is 0 Å². The number of hydrogen-bond donors (Lipinski definition) is 1. The first kappa shape index (κ1) is 17.5. The Morgan fingerprint density at radius 2 is 1.85 bits per heavy atom. The third-order valence-corrected chi connectivity index (χ3v) is 4.28. The number of nitrogens with one attached hydrogen (secondary N) is 1. The molecule has 1 rings (SSSR count). The van der Waals surface area contributed by atoms with Crippen LogP contribution in [-0.4, -0.2) is 31.1 Å². The average molecular weight is 297 g/mol. The highest BCUT2D eigenvalue weighted by Crippen LogP contribution is 2.20. The van der Waals surface area contributed by atoms with Crippen LogP contribution in [0.2, 0.25) is 5.02 Å². The molecule has 0 saturated heterocycles. The van der Waals surface area contributed by atoms with Gasteiger partial charge in [0.05, 0.1) is 0 Å². The van der Waals surface area contributed by atoms with E-state index in [1.165, 1.54) is 12.0 Å². The Kier molecular flexibility index (Phi) is 8.20. The first-order valence-electron chi connectivity index (χ1n) is 7.77. The molecule has 0 bridgehead atoms.